The summed E-state index contributed by atoms with van der Waals surface area (Å²) in [6, 6.07) is 4.23. The molecule has 2 rings (SSSR count). The number of ether oxygens (including phenoxy) is 1. The van der Waals surface area contributed by atoms with Crippen LogP contribution in [0.15, 0.2) is 23.1 Å². The molecule has 1 aromatic rings. The molecule has 0 saturated carbocycles. The van der Waals surface area contributed by atoms with Crippen molar-refractivity contribution in [3.63, 3.8) is 0 Å². The third kappa shape index (κ3) is 6.93. The van der Waals surface area contributed by atoms with Crippen molar-refractivity contribution in [3.8, 4) is 17.6 Å². The van der Waals surface area contributed by atoms with Gasteiger partial charge in [0.2, 0.25) is 15.9 Å². The van der Waals surface area contributed by atoms with Gasteiger partial charge in [0.25, 0.3) is 0 Å². The van der Waals surface area contributed by atoms with Crippen LogP contribution in [0, 0.1) is 23.7 Å². The second kappa shape index (κ2) is 11.3. The minimum atomic E-state index is -3.91. The summed E-state index contributed by atoms with van der Waals surface area (Å²) < 4.78 is 34.6. The van der Waals surface area contributed by atoms with E-state index in [1.807, 2.05) is 34.9 Å². The maximum absolute atomic E-state index is 13.5. The summed E-state index contributed by atoms with van der Waals surface area (Å²) in [5.41, 5.74) is 0.656. The molecule has 0 saturated heterocycles. The van der Waals surface area contributed by atoms with Gasteiger partial charge in [-0.05, 0) is 39.2 Å². The van der Waals surface area contributed by atoms with Crippen LogP contribution in [-0.4, -0.2) is 93.1 Å². The van der Waals surface area contributed by atoms with Gasteiger partial charge in [0, 0.05) is 37.0 Å². The zero-order valence-corrected chi connectivity index (χ0v) is 21.5. The summed E-state index contributed by atoms with van der Waals surface area (Å²) >= 11 is 0. The number of aliphatic hydroxyl groups is 1. The highest BCUT2D eigenvalue weighted by molar-refractivity contribution is 7.89. The molecule has 1 aromatic carbocycles. The predicted octanol–water partition coefficient (Wildman–Crippen LogP) is 1.48. The van der Waals surface area contributed by atoms with E-state index in [1.165, 1.54) is 10.4 Å². The minimum Gasteiger partial charge on any atom is -0.487 e. The van der Waals surface area contributed by atoms with Gasteiger partial charge in [-0.25, -0.2) is 8.42 Å². The van der Waals surface area contributed by atoms with E-state index >= 15 is 0 Å². The fourth-order valence-corrected chi connectivity index (χ4v) is 5.34. The molecular formula is C24H37N3O5S. The quantitative estimate of drug-likeness (QED) is 0.622. The molecule has 8 nitrogen and oxygen atoms in total. The van der Waals surface area contributed by atoms with Crippen molar-refractivity contribution in [2.45, 2.75) is 44.7 Å². The van der Waals surface area contributed by atoms with Crippen LogP contribution in [-0.2, 0) is 14.8 Å². The van der Waals surface area contributed by atoms with E-state index in [0.717, 1.165) is 0 Å². The molecule has 3 atom stereocenters. The molecule has 0 radical (unpaired) electrons. The van der Waals surface area contributed by atoms with Crippen molar-refractivity contribution in [1.29, 1.82) is 0 Å². The summed E-state index contributed by atoms with van der Waals surface area (Å²) in [7, 11) is 1.47. The van der Waals surface area contributed by atoms with E-state index in [1.54, 1.807) is 35.9 Å². The Morgan fingerprint density at radius 2 is 1.94 bits per heavy atom. The fraction of sp³-hybridized carbons (Fsp3) is 0.625. The van der Waals surface area contributed by atoms with Crippen molar-refractivity contribution >= 4 is 15.9 Å². The number of likely N-dealkylation sites (N-methyl/N-ethyl adjacent to an activating group) is 2. The molecule has 9 heteroatoms. The largest absolute Gasteiger partial charge is 0.487 e. The average molecular weight is 480 g/mol. The highest BCUT2D eigenvalue weighted by Crippen LogP contribution is 2.34. The van der Waals surface area contributed by atoms with Crippen LogP contribution >= 0.6 is 0 Å². The number of amides is 1. The minimum absolute atomic E-state index is 0.0390. The molecule has 0 bridgehead atoms. The van der Waals surface area contributed by atoms with Crippen LogP contribution in [0.5, 0.6) is 5.75 Å². The van der Waals surface area contributed by atoms with E-state index in [2.05, 4.69) is 11.8 Å². The van der Waals surface area contributed by atoms with Gasteiger partial charge in [-0.3, -0.25) is 4.79 Å². The maximum Gasteiger partial charge on any atom is 0.247 e. The van der Waals surface area contributed by atoms with E-state index < -0.39 is 22.2 Å². The number of rotatable bonds is 6. The Labute approximate surface area is 198 Å². The molecule has 0 fully saturated rings. The number of sulfonamides is 1. The first-order chi connectivity index (χ1) is 15.4. The molecule has 1 aliphatic heterocycles. The number of carbonyl (C=O) groups excluding carboxylic acids is 1. The molecule has 1 amide bonds. The number of hydrogen-bond acceptors (Lipinski definition) is 6. The zero-order valence-electron chi connectivity index (χ0n) is 20.7. The standard InChI is InChI=1S/C24H37N3O5S/c1-17(2)8-9-20-10-11-23-21(12-20)32-22(14-26(7)24(29)15-25(5)6)18(3)13-27(19(4)16-28)33(23,30)31/h10-12,17-19,22,28H,13-16H2,1-7H3/t18-,19+,22+/m0/s1. The van der Waals surface area contributed by atoms with Gasteiger partial charge in [-0.1, -0.05) is 32.6 Å². The molecule has 0 aliphatic carbocycles. The normalized spacial score (nSPS) is 21.3. The Balaban J connectivity index is 2.53. The van der Waals surface area contributed by atoms with E-state index in [-0.39, 0.29) is 48.1 Å². The Kier molecular flexibility index (Phi) is 9.32. The van der Waals surface area contributed by atoms with Crippen molar-refractivity contribution in [2.75, 3.05) is 47.4 Å². The lowest BCUT2D eigenvalue weighted by atomic mass is 10.0. The topological polar surface area (TPSA) is 90.4 Å². The maximum atomic E-state index is 13.5. The summed E-state index contributed by atoms with van der Waals surface area (Å²) in [5.74, 6) is 6.24. The second-order valence-corrected chi connectivity index (χ2v) is 11.2. The molecule has 0 unspecified atom stereocenters. The number of fused-ring (bicyclic) bond motifs is 1. The Morgan fingerprint density at radius 1 is 1.27 bits per heavy atom. The Bertz CT molecular complexity index is 997. The van der Waals surface area contributed by atoms with Crippen molar-refractivity contribution in [1.82, 2.24) is 14.1 Å². The number of hydrogen-bond donors (Lipinski definition) is 1. The first kappa shape index (κ1) is 27.1. The van der Waals surface area contributed by atoms with Crippen LogP contribution in [0.25, 0.3) is 0 Å². The van der Waals surface area contributed by atoms with Gasteiger partial charge < -0.3 is 19.6 Å². The molecule has 1 aliphatic rings. The highest BCUT2D eigenvalue weighted by atomic mass is 32.2. The van der Waals surface area contributed by atoms with E-state index in [4.69, 9.17) is 4.74 Å². The van der Waals surface area contributed by atoms with Crippen molar-refractivity contribution in [2.24, 2.45) is 11.8 Å². The predicted molar refractivity (Wildman–Crippen MR) is 128 cm³/mol. The Hall–Kier alpha value is -2.12. The van der Waals surface area contributed by atoms with Crippen LogP contribution in [0.4, 0.5) is 0 Å². The van der Waals surface area contributed by atoms with Crippen LogP contribution in [0.2, 0.25) is 0 Å². The third-order valence-corrected chi connectivity index (χ3v) is 7.52. The SMILES string of the molecule is CC(C)C#Cc1ccc2c(c1)O[C@H](CN(C)C(=O)CN(C)C)[C@@H](C)CN([C@H](C)CO)S2(=O)=O. The van der Waals surface area contributed by atoms with Crippen molar-refractivity contribution < 1.29 is 23.1 Å². The summed E-state index contributed by atoms with van der Waals surface area (Å²) in [4.78, 5) is 16.0. The zero-order chi connectivity index (χ0) is 24.9. The number of nitrogens with zero attached hydrogens (tertiary/aromatic N) is 3. The molecule has 1 N–H and O–H groups in total. The van der Waals surface area contributed by atoms with Gasteiger partial charge in [-0.2, -0.15) is 4.31 Å². The lowest BCUT2D eigenvalue weighted by Gasteiger charge is -2.37. The number of benzene rings is 1. The Morgan fingerprint density at radius 3 is 2.52 bits per heavy atom. The molecular weight excluding hydrogens is 442 g/mol. The lowest BCUT2D eigenvalue weighted by molar-refractivity contribution is -0.132. The molecule has 0 spiro atoms. The first-order valence-corrected chi connectivity index (χ1v) is 12.6. The van der Waals surface area contributed by atoms with E-state index in [9.17, 15) is 18.3 Å². The van der Waals surface area contributed by atoms with Gasteiger partial charge in [-0.15, -0.1) is 0 Å². The van der Waals surface area contributed by atoms with Gasteiger partial charge in [0.05, 0.1) is 19.7 Å². The van der Waals surface area contributed by atoms with Crippen LogP contribution in [0.1, 0.15) is 33.3 Å². The smallest absolute Gasteiger partial charge is 0.247 e. The summed E-state index contributed by atoms with van der Waals surface area (Å²) in [5, 5.41) is 9.74. The molecule has 0 aromatic heterocycles. The number of aliphatic hydroxyl groups excluding tert-OH is 1. The van der Waals surface area contributed by atoms with Gasteiger partial charge in [0.15, 0.2) is 0 Å². The van der Waals surface area contributed by atoms with Gasteiger partial charge >= 0.3 is 0 Å². The lowest BCUT2D eigenvalue weighted by Crippen LogP contribution is -2.50. The van der Waals surface area contributed by atoms with Crippen molar-refractivity contribution in [3.05, 3.63) is 23.8 Å². The third-order valence-electron chi connectivity index (χ3n) is 5.50. The molecule has 33 heavy (non-hydrogen) atoms. The summed E-state index contributed by atoms with van der Waals surface area (Å²) in [6.45, 7) is 7.97. The summed E-state index contributed by atoms with van der Waals surface area (Å²) in [6.07, 6.45) is -0.447. The fourth-order valence-electron chi connectivity index (χ4n) is 3.51. The van der Waals surface area contributed by atoms with Crippen LogP contribution < -0.4 is 4.74 Å². The average Bonchev–Trinajstić information content (AvgIpc) is 2.73. The first-order valence-electron chi connectivity index (χ1n) is 11.2. The van der Waals surface area contributed by atoms with E-state index in [0.29, 0.717) is 12.1 Å². The number of carbonyl (C=O) groups is 1. The monoisotopic (exact) mass is 479 g/mol. The molecule has 184 valence electrons. The highest BCUT2D eigenvalue weighted by Gasteiger charge is 2.38. The van der Waals surface area contributed by atoms with Gasteiger partial charge in [0.1, 0.15) is 16.7 Å². The van der Waals surface area contributed by atoms with Crippen LogP contribution in [0.3, 0.4) is 0 Å². The second-order valence-electron chi connectivity index (χ2n) is 9.34. The molecule has 1 heterocycles.